The van der Waals surface area contributed by atoms with Gasteiger partial charge in [-0.1, -0.05) is 0 Å². The van der Waals surface area contributed by atoms with Crippen molar-refractivity contribution < 1.29 is 23.1 Å². The van der Waals surface area contributed by atoms with Crippen LogP contribution in [0.5, 0.6) is 0 Å². The van der Waals surface area contributed by atoms with Crippen LogP contribution < -0.4 is 10.6 Å². The van der Waals surface area contributed by atoms with Gasteiger partial charge >= 0.3 is 6.18 Å². The molecule has 1 saturated heterocycles. The minimum Gasteiger partial charge on any atom is -0.396 e. The maximum absolute atomic E-state index is 13.0. The van der Waals surface area contributed by atoms with Gasteiger partial charge in [0.25, 0.3) is 0 Å². The third kappa shape index (κ3) is 5.07. The van der Waals surface area contributed by atoms with E-state index in [9.17, 15) is 23.1 Å². The molecule has 0 atom stereocenters. The van der Waals surface area contributed by atoms with E-state index in [4.69, 9.17) is 0 Å². The van der Waals surface area contributed by atoms with Crippen molar-refractivity contribution in [2.45, 2.75) is 43.9 Å². The molecule has 1 aliphatic carbocycles. The predicted octanol–water partition coefficient (Wildman–Crippen LogP) is 2.41. The number of nitrogens with one attached hydrogen (secondary N) is 2. The number of anilines is 1. The maximum atomic E-state index is 13.0. The third-order valence-electron chi connectivity index (χ3n) is 6.24. The summed E-state index contributed by atoms with van der Waals surface area (Å²) < 4.78 is 39.0. The number of carbonyl (C=O) groups is 1. The largest absolute Gasteiger partial charge is 0.416 e. The Morgan fingerprint density at radius 3 is 2.58 bits per heavy atom. The number of hydrogen-bond donors (Lipinski definition) is 3. The second kappa shape index (κ2) is 8.96. The summed E-state index contributed by atoms with van der Waals surface area (Å²) in [6, 6.07) is 3.85. The van der Waals surface area contributed by atoms with Gasteiger partial charge in [0.15, 0.2) is 0 Å². The molecule has 2 heterocycles. The lowest BCUT2D eigenvalue weighted by atomic mass is 9.84. The fraction of sp³-hybridized carbons (Fsp3) is 0.571. The lowest BCUT2D eigenvalue weighted by molar-refractivity contribution is -0.137. The van der Waals surface area contributed by atoms with Crippen molar-refractivity contribution >= 4 is 22.6 Å². The number of hydrogen-bond acceptors (Lipinski definition) is 6. The van der Waals surface area contributed by atoms with Gasteiger partial charge in [0.1, 0.15) is 12.1 Å². The lowest BCUT2D eigenvalue weighted by Gasteiger charge is -2.46. The Hall–Kier alpha value is -2.46. The number of amides is 1. The van der Waals surface area contributed by atoms with Gasteiger partial charge in [-0.15, -0.1) is 0 Å². The second-order valence-electron chi connectivity index (χ2n) is 8.38. The first kappa shape index (κ1) is 21.8. The Balaban J connectivity index is 1.27. The molecule has 31 heavy (non-hydrogen) atoms. The Kier molecular flexibility index (Phi) is 6.29. The van der Waals surface area contributed by atoms with Gasteiger partial charge < -0.3 is 15.7 Å². The number of alkyl halides is 3. The summed E-state index contributed by atoms with van der Waals surface area (Å²) in [5, 5.41) is 15.3. The molecule has 1 amide bonds. The van der Waals surface area contributed by atoms with Crippen LogP contribution in [-0.2, 0) is 11.0 Å². The van der Waals surface area contributed by atoms with Crippen LogP contribution in [-0.4, -0.2) is 64.2 Å². The van der Waals surface area contributed by atoms with Crippen molar-refractivity contribution in [2.75, 3.05) is 31.6 Å². The van der Waals surface area contributed by atoms with Crippen molar-refractivity contribution in [2.24, 2.45) is 5.92 Å². The number of aliphatic hydroxyl groups is 1. The average Bonchev–Trinajstić information content (AvgIpc) is 2.73. The number of aromatic nitrogens is 2. The first-order valence-electron chi connectivity index (χ1n) is 10.5. The maximum Gasteiger partial charge on any atom is 0.416 e. The highest BCUT2D eigenvalue weighted by atomic mass is 19.4. The first-order valence-corrected chi connectivity index (χ1v) is 10.5. The highest BCUT2D eigenvalue weighted by Crippen LogP contribution is 2.32. The van der Waals surface area contributed by atoms with Gasteiger partial charge in [-0.2, -0.15) is 13.2 Å². The molecule has 1 aromatic carbocycles. The number of nitrogens with zero attached hydrogens (tertiary/aromatic N) is 3. The fourth-order valence-electron chi connectivity index (χ4n) is 4.41. The van der Waals surface area contributed by atoms with E-state index >= 15 is 0 Å². The lowest BCUT2D eigenvalue weighted by Crippen LogP contribution is -2.63. The predicted molar refractivity (Wildman–Crippen MR) is 109 cm³/mol. The van der Waals surface area contributed by atoms with Crippen molar-refractivity contribution in [1.82, 2.24) is 20.2 Å². The first-order chi connectivity index (χ1) is 14.8. The zero-order valence-electron chi connectivity index (χ0n) is 17.0. The van der Waals surface area contributed by atoms with E-state index in [1.807, 2.05) is 0 Å². The van der Waals surface area contributed by atoms with Crippen LogP contribution in [0.15, 0.2) is 24.5 Å². The minimum absolute atomic E-state index is 0.0730. The van der Waals surface area contributed by atoms with Crippen LogP contribution in [0.4, 0.5) is 19.0 Å². The zero-order valence-corrected chi connectivity index (χ0v) is 17.0. The number of rotatable bonds is 6. The summed E-state index contributed by atoms with van der Waals surface area (Å²) in [6.07, 6.45) is 1.03. The van der Waals surface area contributed by atoms with Crippen molar-refractivity contribution in [3.63, 3.8) is 0 Å². The van der Waals surface area contributed by atoms with Gasteiger partial charge in [0.2, 0.25) is 5.91 Å². The molecule has 2 fully saturated rings. The molecule has 1 aromatic heterocycles. The molecule has 0 bridgehead atoms. The summed E-state index contributed by atoms with van der Waals surface area (Å²) >= 11 is 0. The van der Waals surface area contributed by atoms with E-state index < -0.39 is 11.7 Å². The van der Waals surface area contributed by atoms with Gasteiger partial charge in [-0.05, 0) is 49.8 Å². The molecule has 4 rings (SSSR count). The van der Waals surface area contributed by atoms with Crippen molar-refractivity contribution in [3.05, 3.63) is 30.1 Å². The van der Waals surface area contributed by atoms with E-state index in [1.165, 1.54) is 12.4 Å². The Labute approximate surface area is 178 Å². The summed E-state index contributed by atoms with van der Waals surface area (Å²) in [6.45, 7) is 1.77. The van der Waals surface area contributed by atoms with Crippen LogP contribution in [0.3, 0.4) is 0 Å². The molecule has 0 spiro atoms. The molecule has 1 saturated carbocycles. The summed E-state index contributed by atoms with van der Waals surface area (Å²) in [5.74, 6) is 0.388. The Morgan fingerprint density at radius 1 is 1.16 bits per heavy atom. The van der Waals surface area contributed by atoms with Gasteiger partial charge in [-0.25, -0.2) is 9.97 Å². The third-order valence-corrected chi connectivity index (χ3v) is 6.24. The average molecular weight is 437 g/mol. The molecule has 2 aromatic rings. The number of carbonyl (C=O) groups excluding carboxylic acids is 1. The molecule has 2 aliphatic rings. The monoisotopic (exact) mass is 437 g/mol. The molecule has 3 N–H and O–H groups in total. The molecule has 7 nitrogen and oxygen atoms in total. The van der Waals surface area contributed by atoms with Gasteiger partial charge in [0.05, 0.1) is 23.7 Å². The molecular formula is C21H26F3N5O2. The van der Waals surface area contributed by atoms with Crippen LogP contribution in [0.25, 0.3) is 10.9 Å². The van der Waals surface area contributed by atoms with Gasteiger partial charge in [0, 0.05) is 31.1 Å². The number of benzene rings is 1. The van der Waals surface area contributed by atoms with E-state index in [2.05, 4.69) is 25.5 Å². The molecule has 0 unspecified atom stereocenters. The van der Waals surface area contributed by atoms with Gasteiger partial charge in [-0.3, -0.25) is 9.69 Å². The van der Waals surface area contributed by atoms with Crippen LogP contribution >= 0.6 is 0 Å². The quantitative estimate of drug-likeness (QED) is 0.643. The zero-order chi connectivity index (χ0) is 22.0. The van der Waals surface area contributed by atoms with Crippen molar-refractivity contribution in [1.29, 1.82) is 0 Å². The number of aliphatic hydroxyl groups excluding tert-OH is 1. The second-order valence-corrected chi connectivity index (χ2v) is 8.38. The minimum atomic E-state index is -4.47. The summed E-state index contributed by atoms with van der Waals surface area (Å²) in [5.41, 5.74) is -0.415. The topological polar surface area (TPSA) is 90.4 Å². The van der Waals surface area contributed by atoms with Crippen molar-refractivity contribution in [3.8, 4) is 0 Å². The number of fused-ring (bicyclic) bond motifs is 1. The Morgan fingerprint density at radius 2 is 1.90 bits per heavy atom. The van der Waals surface area contributed by atoms with E-state index in [1.54, 1.807) is 0 Å². The SMILES string of the molecule is O=C(CNc1ncnc2ccc(C(F)(F)F)cc12)NC1CN([C@H]2CC[C@H](CO)CC2)C1. The summed E-state index contributed by atoms with van der Waals surface area (Å²) in [4.78, 5) is 22.7. The molecule has 10 heteroatoms. The highest BCUT2D eigenvalue weighted by molar-refractivity contribution is 5.91. The van der Waals surface area contributed by atoms with E-state index in [-0.39, 0.29) is 36.3 Å². The number of halogens is 3. The van der Waals surface area contributed by atoms with Crippen LogP contribution in [0, 0.1) is 5.92 Å². The number of likely N-dealkylation sites (tertiary alicyclic amines) is 1. The van der Waals surface area contributed by atoms with Crippen LogP contribution in [0.1, 0.15) is 31.2 Å². The fourth-order valence-corrected chi connectivity index (χ4v) is 4.41. The van der Waals surface area contributed by atoms with E-state index in [0.29, 0.717) is 17.5 Å². The van der Waals surface area contributed by atoms with Crippen LogP contribution in [0.2, 0.25) is 0 Å². The molecular weight excluding hydrogens is 411 g/mol. The standard InChI is InChI=1S/C21H26F3N5O2/c22-21(23,24)14-3-6-18-17(7-14)20(27-12-26-18)25-8-19(31)28-15-9-29(10-15)16-4-1-13(11-30)2-5-16/h3,6-7,12-13,15-16,30H,1-2,4-5,8-11H2,(H,28,31)(H,25,26,27)/t13-,16-. The Bertz CT molecular complexity index is 925. The highest BCUT2D eigenvalue weighted by Gasteiger charge is 2.35. The smallest absolute Gasteiger partial charge is 0.396 e. The molecule has 168 valence electrons. The van der Waals surface area contributed by atoms with E-state index in [0.717, 1.165) is 50.9 Å². The normalized spacial score (nSPS) is 22.8. The molecule has 1 aliphatic heterocycles. The molecule has 0 radical (unpaired) electrons. The summed E-state index contributed by atoms with van der Waals surface area (Å²) in [7, 11) is 0.